The number of nitrogens with one attached hydrogen (secondary N) is 2. The maximum Gasteiger partial charge on any atom is 0.272 e. The van der Waals surface area contributed by atoms with E-state index in [1.807, 2.05) is 0 Å². The summed E-state index contributed by atoms with van der Waals surface area (Å²) in [5.41, 5.74) is 0.902. The number of hydrogen-bond donors (Lipinski definition) is 2. The quantitative estimate of drug-likeness (QED) is 0.886. The molecular weight excluding hydrogens is 286 g/mol. The van der Waals surface area contributed by atoms with Gasteiger partial charge in [0.2, 0.25) is 5.56 Å². The molecule has 0 unspecified atom stereocenters. The van der Waals surface area contributed by atoms with Gasteiger partial charge in [0, 0.05) is 30.0 Å². The van der Waals surface area contributed by atoms with Crippen molar-refractivity contribution in [2.75, 3.05) is 5.32 Å². The summed E-state index contributed by atoms with van der Waals surface area (Å²) in [5.74, 6) is -0.255. The fourth-order valence-corrected chi connectivity index (χ4v) is 1.71. The molecule has 0 radical (unpaired) electrons. The van der Waals surface area contributed by atoms with Crippen molar-refractivity contribution in [2.45, 2.75) is 0 Å². The Morgan fingerprint density at radius 1 is 1.47 bits per heavy atom. The van der Waals surface area contributed by atoms with Crippen molar-refractivity contribution in [2.24, 2.45) is 7.05 Å². The SMILES string of the molecule is Cn1cc(NC(=O)c2cc(Br)c[nH]2)ccc1=O. The first-order valence-corrected chi connectivity index (χ1v) is 5.67. The smallest absolute Gasteiger partial charge is 0.272 e. The molecule has 0 atom stereocenters. The molecule has 0 fully saturated rings. The number of anilines is 1. The highest BCUT2D eigenvalue weighted by atomic mass is 79.9. The van der Waals surface area contributed by atoms with Crippen LogP contribution in [0.4, 0.5) is 5.69 Å². The highest BCUT2D eigenvalue weighted by Gasteiger charge is 2.08. The molecule has 0 aliphatic carbocycles. The molecule has 0 bridgehead atoms. The van der Waals surface area contributed by atoms with Crippen molar-refractivity contribution in [1.82, 2.24) is 9.55 Å². The first-order chi connectivity index (χ1) is 8.06. The van der Waals surface area contributed by atoms with Crippen LogP contribution in [0.3, 0.4) is 0 Å². The summed E-state index contributed by atoms with van der Waals surface area (Å²) < 4.78 is 2.21. The average molecular weight is 296 g/mol. The number of halogens is 1. The van der Waals surface area contributed by atoms with Gasteiger partial charge in [-0.2, -0.15) is 0 Å². The van der Waals surface area contributed by atoms with E-state index in [-0.39, 0.29) is 11.5 Å². The first kappa shape index (κ1) is 11.7. The van der Waals surface area contributed by atoms with Crippen LogP contribution in [0.15, 0.2) is 39.9 Å². The predicted molar refractivity (Wildman–Crippen MR) is 68.1 cm³/mol. The molecule has 5 nitrogen and oxygen atoms in total. The number of rotatable bonds is 2. The summed E-state index contributed by atoms with van der Waals surface area (Å²) >= 11 is 3.25. The maximum absolute atomic E-state index is 11.8. The second kappa shape index (κ2) is 4.58. The largest absolute Gasteiger partial charge is 0.356 e. The van der Waals surface area contributed by atoms with E-state index >= 15 is 0 Å². The van der Waals surface area contributed by atoms with Gasteiger partial charge in [-0.1, -0.05) is 0 Å². The zero-order valence-electron chi connectivity index (χ0n) is 9.03. The minimum absolute atomic E-state index is 0.120. The second-order valence-corrected chi connectivity index (χ2v) is 4.47. The number of pyridine rings is 1. The molecule has 2 aromatic heterocycles. The maximum atomic E-state index is 11.8. The van der Waals surface area contributed by atoms with E-state index in [2.05, 4.69) is 26.2 Å². The molecular formula is C11H10BrN3O2. The number of H-pyrrole nitrogens is 1. The first-order valence-electron chi connectivity index (χ1n) is 4.88. The van der Waals surface area contributed by atoms with Gasteiger partial charge in [0.25, 0.3) is 5.91 Å². The van der Waals surface area contributed by atoms with E-state index in [0.717, 1.165) is 4.47 Å². The van der Waals surface area contributed by atoms with Crippen LogP contribution < -0.4 is 10.9 Å². The Morgan fingerprint density at radius 3 is 2.82 bits per heavy atom. The van der Waals surface area contributed by atoms with Gasteiger partial charge in [-0.15, -0.1) is 0 Å². The summed E-state index contributed by atoms with van der Waals surface area (Å²) in [4.78, 5) is 25.8. The van der Waals surface area contributed by atoms with Gasteiger partial charge < -0.3 is 14.9 Å². The predicted octanol–water partition coefficient (Wildman–Crippen LogP) is 1.73. The number of aromatic nitrogens is 2. The minimum Gasteiger partial charge on any atom is -0.356 e. The average Bonchev–Trinajstić information content (AvgIpc) is 2.70. The van der Waals surface area contributed by atoms with Crippen LogP contribution >= 0.6 is 15.9 Å². The monoisotopic (exact) mass is 295 g/mol. The normalized spacial score (nSPS) is 10.2. The number of aryl methyl sites for hydroxylation is 1. The highest BCUT2D eigenvalue weighted by Crippen LogP contribution is 2.12. The number of hydrogen-bond acceptors (Lipinski definition) is 2. The standard InChI is InChI=1S/C11H10BrN3O2/c1-15-6-8(2-3-10(15)16)14-11(17)9-4-7(12)5-13-9/h2-6,13H,1H3,(H,14,17). The Kier molecular flexibility index (Phi) is 3.14. The van der Waals surface area contributed by atoms with Crippen LogP contribution in [0.5, 0.6) is 0 Å². The molecule has 0 aliphatic heterocycles. The van der Waals surface area contributed by atoms with Crippen LogP contribution in [-0.4, -0.2) is 15.5 Å². The van der Waals surface area contributed by atoms with Crippen LogP contribution in [-0.2, 0) is 7.05 Å². The molecule has 2 rings (SSSR count). The third-order valence-electron chi connectivity index (χ3n) is 2.24. The molecule has 0 spiro atoms. The summed E-state index contributed by atoms with van der Waals surface area (Å²) in [7, 11) is 1.63. The molecule has 2 heterocycles. The van der Waals surface area contributed by atoms with Crippen LogP contribution in [0.1, 0.15) is 10.5 Å². The van der Waals surface area contributed by atoms with Gasteiger partial charge in [-0.3, -0.25) is 9.59 Å². The van der Waals surface area contributed by atoms with Crippen molar-refractivity contribution in [1.29, 1.82) is 0 Å². The Balaban J connectivity index is 2.18. The third kappa shape index (κ3) is 2.65. The summed E-state index contributed by atoms with van der Waals surface area (Å²) in [6, 6.07) is 4.65. The Morgan fingerprint density at radius 2 is 2.24 bits per heavy atom. The number of carbonyl (C=O) groups excluding carboxylic acids is 1. The van der Waals surface area contributed by atoms with E-state index in [1.165, 1.54) is 10.6 Å². The fraction of sp³-hybridized carbons (Fsp3) is 0.0909. The van der Waals surface area contributed by atoms with E-state index < -0.39 is 0 Å². The van der Waals surface area contributed by atoms with E-state index in [4.69, 9.17) is 0 Å². The van der Waals surface area contributed by atoms with Crippen LogP contribution in [0, 0.1) is 0 Å². The minimum atomic E-state index is -0.255. The third-order valence-corrected chi connectivity index (χ3v) is 2.69. The number of aromatic amines is 1. The number of amides is 1. The van der Waals surface area contributed by atoms with Crippen molar-refractivity contribution in [3.63, 3.8) is 0 Å². The molecule has 6 heteroatoms. The lowest BCUT2D eigenvalue weighted by atomic mass is 10.3. The van der Waals surface area contributed by atoms with E-state index in [0.29, 0.717) is 11.4 Å². The number of carbonyl (C=O) groups is 1. The molecule has 88 valence electrons. The van der Waals surface area contributed by atoms with Gasteiger partial charge in [-0.25, -0.2) is 0 Å². The zero-order chi connectivity index (χ0) is 12.4. The zero-order valence-corrected chi connectivity index (χ0v) is 10.6. The molecule has 0 saturated heterocycles. The lowest BCUT2D eigenvalue weighted by Gasteiger charge is -2.04. The lowest BCUT2D eigenvalue weighted by molar-refractivity contribution is 0.102. The Hall–Kier alpha value is -1.82. The van der Waals surface area contributed by atoms with Crippen LogP contribution in [0.2, 0.25) is 0 Å². The summed E-state index contributed by atoms with van der Waals surface area (Å²) in [6.45, 7) is 0. The Bertz CT molecular complexity index is 615. The molecule has 2 N–H and O–H groups in total. The van der Waals surface area contributed by atoms with Gasteiger partial charge in [0.05, 0.1) is 5.69 Å². The Labute approximate surface area is 106 Å². The summed E-state index contributed by atoms with van der Waals surface area (Å²) in [5, 5.41) is 2.69. The van der Waals surface area contributed by atoms with Gasteiger partial charge in [-0.05, 0) is 28.1 Å². The molecule has 0 aliphatic rings. The molecule has 1 amide bonds. The molecule has 2 aromatic rings. The van der Waals surface area contributed by atoms with E-state index in [9.17, 15) is 9.59 Å². The second-order valence-electron chi connectivity index (χ2n) is 3.55. The fourth-order valence-electron chi connectivity index (χ4n) is 1.37. The van der Waals surface area contributed by atoms with E-state index in [1.54, 1.807) is 31.6 Å². The van der Waals surface area contributed by atoms with Crippen molar-refractivity contribution in [3.8, 4) is 0 Å². The topological polar surface area (TPSA) is 66.9 Å². The van der Waals surface area contributed by atoms with Gasteiger partial charge >= 0.3 is 0 Å². The van der Waals surface area contributed by atoms with Crippen molar-refractivity contribution < 1.29 is 4.79 Å². The highest BCUT2D eigenvalue weighted by molar-refractivity contribution is 9.10. The molecule has 0 saturated carbocycles. The molecule has 0 aromatic carbocycles. The lowest BCUT2D eigenvalue weighted by Crippen LogP contribution is -2.18. The van der Waals surface area contributed by atoms with Gasteiger partial charge in [0.1, 0.15) is 5.69 Å². The summed E-state index contributed by atoms with van der Waals surface area (Å²) in [6.07, 6.45) is 3.24. The van der Waals surface area contributed by atoms with Crippen molar-refractivity contribution in [3.05, 3.63) is 51.1 Å². The number of nitrogens with zero attached hydrogens (tertiary/aromatic N) is 1. The van der Waals surface area contributed by atoms with Crippen molar-refractivity contribution >= 4 is 27.5 Å². The van der Waals surface area contributed by atoms with Crippen LogP contribution in [0.25, 0.3) is 0 Å². The van der Waals surface area contributed by atoms with Gasteiger partial charge in [0.15, 0.2) is 0 Å². The molecule has 17 heavy (non-hydrogen) atoms.